The number of urea groups is 1. The van der Waals surface area contributed by atoms with Crippen LogP contribution in [0.5, 0.6) is 0 Å². The number of ether oxygens (including phenoxy) is 1. The third-order valence-corrected chi connectivity index (χ3v) is 4.30. The highest BCUT2D eigenvalue weighted by atomic mass is 16.5. The summed E-state index contributed by atoms with van der Waals surface area (Å²) in [5, 5.41) is 6.74. The number of aromatic nitrogens is 1. The minimum atomic E-state index is -0.102. The third kappa shape index (κ3) is 3.94. The Hall–Kier alpha value is -2.34. The van der Waals surface area contributed by atoms with Crippen LogP contribution < -0.4 is 5.32 Å². The van der Waals surface area contributed by atoms with Crippen LogP contribution in [-0.4, -0.2) is 35.8 Å². The van der Waals surface area contributed by atoms with E-state index in [0.29, 0.717) is 42.8 Å². The van der Waals surface area contributed by atoms with Crippen LogP contribution >= 0.6 is 0 Å². The average molecular weight is 329 g/mol. The van der Waals surface area contributed by atoms with Crippen molar-refractivity contribution in [1.29, 1.82) is 0 Å². The van der Waals surface area contributed by atoms with Gasteiger partial charge in [0.1, 0.15) is 11.4 Å². The molecule has 1 aliphatic rings. The molecule has 0 saturated carbocycles. The summed E-state index contributed by atoms with van der Waals surface area (Å²) in [5.41, 5.74) is 2.54. The van der Waals surface area contributed by atoms with Crippen molar-refractivity contribution in [2.75, 3.05) is 25.0 Å². The zero-order valence-corrected chi connectivity index (χ0v) is 14.1. The number of hydrogen-bond donors (Lipinski definition) is 1. The minimum absolute atomic E-state index is 0.102. The Morgan fingerprint density at radius 1 is 1.38 bits per heavy atom. The van der Waals surface area contributed by atoms with Crippen LogP contribution in [0.4, 0.5) is 10.5 Å². The zero-order chi connectivity index (χ0) is 16.9. The van der Waals surface area contributed by atoms with E-state index in [1.807, 2.05) is 30.0 Å². The number of amides is 2. The van der Waals surface area contributed by atoms with Gasteiger partial charge >= 0.3 is 6.03 Å². The standard InChI is InChI=1S/C18H23N3O3/c1-13-17(14(2)24-20-13)19-18(22)21-9-8-16(10-21)12-23-11-15-6-4-3-5-7-15/h3-7,16H,8-12H2,1-2H3,(H,19,22). The number of likely N-dealkylation sites (tertiary alicyclic amines) is 1. The third-order valence-electron chi connectivity index (χ3n) is 4.30. The van der Waals surface area contributed by atoms with E-state index in [4.69, 9.17) is 9.26 Å². The van der Waals surface area contributed by atoms with Crippen LogP contribution in [0.3, 0.4) is 0 Å². The topological polar surface area (TPSA) is 67.6 Å². The fourth-order valence-electron chi connectivity index (χ4n) is 2.92. The largest absolute Gasteiger partial charge is 0.376 e. The molecule has 1 aromatic heterocycles. The van der Waals surface area contributed by atoms with Gasteiger partial charge in [0.05, 0.1) is 13.2 Å². The average Bonchev–Trinajstić information content (AvgIpc) is 3.18. The molecule has 6 heteroatoms. The van der Waals surface area contributed by atoms with Gasteiger partial charge in [-0.1, -0.05) is 35.5 Å². The summed E-state index contributed by atoms with van der Waals surface area (Å²) < 4.78 is 10.9. The van der Waals surface area contributed by atoms with Crippen molar-refractivity contribution < 1.29 is 14.1 Å². The number of carbonyl (C=O) groups is 1. The Morgan fingerprint density at radius 3 is 2.88 bits per heavy atom. The van der Waals surface area contributed by atoms with E-state index in [9.17, 15) is 4.79 Å². The minimum Gasteiger partial charge on any atom is -0.376 e. The van der Waals surface area contributed by atoms with E-state index in [2.05, 4.69) is 22.6 Å². The molecule has 1 N–H and O–H groups in total. The number of aryl methyl sites for hydroxylation is 2. The van der Waals surface area contributed by atoms with E-state index in [1.54, 1.807) is 6.92 Å². The Bertz CT molecular complexity index is 665. The van der Waals surface area contributed by atoms with E-state index >= 15 is 0 Å². The number of hydrogen-bond acceptors (Lipinski definition) is 4. The summed E-state index contributed by atoms with van der Waals surface area (Å²) >= 11 is 0. The highest BCUT2D eigenvalue weighted by Crippen LogP contribution is 2.22. The molecule has 3 rings (SSSR count). The van der Waals surface area contributed by atoms with Crippen molar-refractivity contribution >= 4 is 11.7 Å². The molecule has 1 aliphatic heterocycles. The number of benzene rings is 1. The van der Waals surface area contributed by atoms with Gasteiger partial charge in [-0.2, -0.15) is 0 Å². The van der Waals surface area contributed by atoms with E-state index < -0.39 is 0 Å². The molecule has 0 radical (unpaired) electrons. The fourth-order valence-corrected chi connectivity index (χ4v) is 2.92. The smallest absolute Gasteiger partial charge is 0.322 e. The van der Waals surface area contributed by atoms with E-state index in [-0.39, 0.29) is 6.03 Å². The Balaban J connectivity index is 1.44. The van der Waals surface area contributed by atoms with Crippen LogP contribution in [0.1, 0.15) is 23.4 Å². The summed E-state index contributed by atoms with van der Waals surface area (Å²) in [4.78, 5) is 14.2. The molecular weight excluding hydrogens is 306 g/mol. The number of nitrogens with one attached hydrogen (secondary N) is 1. The monoisotopic (exact) mass is 329 g/mol. The maximum atomic E-state index is 12.4. The van der Waals surface area contributed by atoms with Gasteiger partial charge in [-0.05, 0) is 25.8 Å². The van der Waals surface area contributed by atoms with Gasteiger partial charge in [-0.15, -0.1) is 0 Å². The molecule has 1 aromatic carbocycles. The van der Waals surface area contributed by atoms with Gasteiger partial charge in [-0.3, -0.25) is 0 Å². The first-order chi connectivity index (χ1) is 11.6. The van der Waals surface area contributed by atoms with Gasteiger partial charge in [0.15, 0.2) is 5.76 Å². The number of rotatable bonds is 5. The van der Waals surface area contributed by atoms with Crippen molar-refractivity contribution in [3.63, 3.8) is 0 Å². The predicted octanol–water partition coefficient (Wildman–Crippen LogP) is 3.36. The van der Waals surface area contributed by atoms with Crippen LogP contribution in [-0.2, 0) is 11.3 Å². The molecule has 0 aliphatic carbocycles. The number of carbonyl (C=O) groups excluding carboxylic acids is 1. The lowest BCUT2D eigenvalue weighted by atomic mass is 10.1. The van der Waals surface area contributed by atoms with Crippen molar-refractivity contribution in [3.8, 4) is 0 Å². The van der Waals surface area contributed by atoms with Crippen LogP contribution in [0.25, 0.3) is 0 Å². The maximum absolute atomic E-state index is 12.4. The molecule has 0 spiro atoms. The second-order valence-corrected chi connectivity index (χ2v) is 6.23. The molecule has 1 unspecified atom stereocenters. The molecule has 2 aromatic rings. The maximum Gasteiger partial charge on any atom is 0.322 e. The van der Waals surface area contributed by atoms with Gasteiger partial charge < -0.3 is 19.5 Å². The lowest BCUT2D eigenvalue weighted by Gasteiger charge is -2.17. The second-order valence-electron chi connectivity index (χ2n) is 6.23. The summed E-state index contributed by atoms with van der Waals surface area (Å²) in [6, 6.07) is 10.0. The van der Waals surface area contributed by atoms with Crippen molar-refractivity contribution in [3.05, 3.63) is 47.3 Å². The molecule has 128 valence electrons. The summed E-state index contributed by atoms with van der Waals surface area (Å²) in [6.45, 7) is 6.35. The number of nitrogens with zero attached hydrogens (tertiary/aromatic N) is 2. The second kappa shape index (κ2) is 7.49. The van der Waals surface area contributed by atoms with Crippen LogP contribution in [0, 0.1) is 19.8 Å². The summed E-state index contributed by atoms with van der Waals surface area (Å²) in [5.74, 6) is 1.01. The molecule has 1 saturated heterocycles. The Kier molecular flexibility index (Phi) is 5.15. The lowest BCUT2D eigenvalue weighted by Crippen LogP contribution is -2.33. The van der Waals surface area contributed by atoms with Crippen LogP contribution in [0.15, 0.2) is 34.9 Å². The van der Waals surface area contributed by atoms with Gasteiger partial charge in [0.25, 0.3) is 0 Å². The first-order valence-corrected chi connectivity index (χ1v) is 8.24. The first kappa shape index (κ1) is 16.5. The molecular formula is C18H23N3O3. The highest BCUT2D eigenvalue weighted by Gasteiger charge is 2.27. The zero-order valence-electron chi connectivity index (χ0n) is 14.1. The normalized spacial score (nSPS) is 17.2. The lowest BCUT2D eigenvalue weighted by molar-refractivity contribution is 0.0900. The molecule has 6 nitrogen and oxygen atoms in total. The molecule has 1 atom stereocenters. The summed E-state index contributed by atoms with van der Waals surface area (Å²) in [7, 11) is 0. The van der Waals surface area contributed by atoms with Crippen molar-refractivity contribution in [2.45, 2.75) is 26.9 Å². The Morgan fingerprint density at radius 2 is 2.17 bits per heavy atom. The molecule has 0 bridgehead atoms. The van der Waals surface area contributed by atoms with E-state index in [0.717, 1.165) is 13.0 Å². The molecule has 2 heterocycles. The van der Waals surface area contributed by atoms with E-state index in [1.165, 1.54) is 5.56 Å². The van der Waals surface area contributed by atoms with Crippen molar-refractivity contribution in [2.24, 2.45) is 5.92 Å². The number of anilines is 1. The predicted molar refractivity (Wildman–Crippen MR) is 90.8 cm³/mol. The van der Waals surface area contributed by atoms with Crippen LogP contribution in [0.2, 0.25) is 0 Å². The van der Waals surface area contributed by atoms with Gasteiger partial charge in [0.2, 0.25) is 0 Å². The fraction of sp³-hybridized carbons (Fsp3) is 0.444. The SMILES string of the molecule is Cc1noc(C)c1NC(=O)N1CCC(COCc2ccccc2)C1. The van der Waals surface area contributed by atoms with Gasteiger partial charge in [-0.25, -0.2) is 4.79 Å². The Labute approximate surface area is 141 Å². The first-order valence-electron chi connectivity index (χ1n) is 8.24. The molecule has 2 amide bonds. The highest BCUT2D eigenvalue weighted by molar-refractivity contribution is 5.90. The van der Waals surface area contributed by atoms with Crippen molar-refractivity contribution in [1.82, 2.24) is 10.1 Å². The quantitative estimate of drug-likeness (QED) is 0.913. The molecule has 24 heavy (non-hydrogen) atoms. The molecule has 1 fully saturated rings. The summed E-state index contributed by atoms with van der Waals surface area (Å²) in [6.07, 6.45) is 0.962. The van der Waals surface area contributed by atoms with Gasteiger partial charge in [0, 0.05) is 19.0 Å².